The molecule has 5 heteroatoms. The molecule has 1 amide bonds. The fourth-order valence-electron chi connectivity index (χ4n) is 2.85. The highest BCUT2D eigenvalue weighted by Crippen LogP contribution is 2.29. The van der Waals surface area contributed by atoms with Crippen LogP contribution in [0.5, 0.6) is 0 Å². The maximum atomic E-state index is 11.5. The number of carbonyl (C=O) groups is 1. The molecule has 0 aliphatic carbocycles. The second kappa shape index (κ2) is 6.48. The molecule has 2 aromatic rings. The number of piperidine rings is 1. The molecule has 1 aliphatic heterocycles. The van der Waals surface area contributed by atoms with Crippen LogP contribution in [0, 0.1) is 0 Å². The van der Waals surface area contributed by atoms with Gasteiger partial charge in [-0.25, -0.2) is 4.98 Å². The minimum atomic E-state index is 0.152. The third kappa shape index (κ3) is 3.14. The molecule has 1 aromatic carbocycles. The number of benzene rings is 1. The van der Waals surface area contributed by atoms with Crippen LogP contribution in [0.4, 0.5) is 5.13 Å². The molecule has 0 bridgehead atoms. The third-order valence-electron chi connectivity index (χ3n) is 4.34. The van der Waals surface area contributed by atoms with Gasteiger partial charge in [0.2, 0.25) is 5.91 Å². The van der Waals surface area contributed by atoms with Crippen molar-refractivity contribution in [2.45, 2.75) is 25.8 Å². The molecule has 0 saturated carbocycles. The van der Waals surface area contributed by atoms with E-state index < -0.39 is 0 Å². The van der Waals surface area contributed by atoms with Crippen LogP contribution in [0.25, 0.3) is 11.3 Å². The van der Waals surface area contributed by atoms with Crippen LogP contribution in [0.2, 0.25) is 0 Å². The van der Waals surface area contributed by atoms with E-state index in [9.17, 15) is 4.79 Å². The number of rotatable bonds is 3. The van der Waals surface area contributed by atoms with Crippen molar-refractivity contribution in [1.29, 1.82) is 0 Å². The predicted octanol–water partition coefficient (Wildman–Crippen LogP) is 3.26. The maximum Gasteiger partial charge on any atom is 0.219 e. The van der Waals surface area contributed by atoms with E-state index >= 15 is 0 Å². The van der Waals surface area contributed by atoms with Gasteiger partial charge in [-0.3, -0.25) is 4.79 Å². The molecule has 0 N–H and O–H groups in total. The summed E-state index contributed by atoms with van der Waals surface area (Å²) in [4.78, 5) is 20.4. The van der Waals surface area contributed by atoms with E-state index in [2.05, 4.69) is 22.4 Å². The lowest BCUT2D eigenvalue weighted by molar-refractivity contribution is -0.129. The number of carbonyl (C=O) groups excluding carboxylic acids is 1. The molecule has 0 atom stereocenters. The largest absolute Gasteiger partial charge is 0.348 e. The lowest BCUT2D eigenvalue weighted by Gasteiger charge is -2.36. The minimum absolute atomic E-state index is 0.152. The van der Waals surface area contributed by atoms with Crippen LogP contribution < -0.4 is 4.90 Å². The SMILES string of the molecule is CC(=O)N(C)C1CCN(c2nc(-c3ccccc3)cs2)CC1. The van der Waals surface area contributed by atoms with Crippen LogP contribution in [-0.4, -0.2) is 42.0 Å². The van der Waals surface area contributed by atoms with Crippen LogP contribution >= 0.6 is 11.3 Å². The van der Waals surface area contributed by atoms with Crippen molar-refractivity contribution in [3.8, 4) is 11.3 Å². The van der Waals surface area contributed by atoms with Crippen molar-refractivity contribution in [1.82, 2.24) is 9.88 Å². The Morgan fingerprint density at radius 1 is 1.27 bits per heavy atom. The molecule has 0 spiro atoms. The Labute approximate surface area is 135 Å². The first kappa shape index (κ1) is 15.0. The average Bonchev–Trinajstić information content (AvgIpc) is 3.05. The second-order valence-corrected chi connectivity index (χ2v) is 6.57. The monoisotopic (exact) mass is 315 g/mol. The number of hydrogen-bond acceptors (Lipinski definition) is 4. The van der Waals surface area contributed by atoms with Gasteiger partial charge < -0.3 is 9.80 Å². The highest BCUT2D eigenvalue weighted by molar-refractivity contribution is 7.14. The zero-order valence-electron chi connectivity index (χ0n) is 13.0. The molecule has 116 valence electrons. The number of anilines is 1. The zero-order chi connectivity index (χ0) is 15.5. The number of thiazole rings is 1. The van der Waals surface area contributed by atoms with Crippen molar-refractivity contribution in [3.63, 3.8) is 0 Å². The summed E-state index contributed by atoms with van der Waals surface area (Å²) >= 11 is 1.70. The van der Waals surface area contributed by atoms with E-state index in [1.54, 1.807) is 18.3 Å². The molecule has 1 saturated heterocycles. The van der Waals surface area contributed by atoms with Crippen molar-refractivity contribution >= 4 is 22.4 Å². The summed E-state index contributed by atoms with van der Waals surface area (Å²) in [7, 11) is 1.90. The van der Waals surface area contributed by atoms with Crippen molar-refractivity contribution in [2.24, 2.45) is 0 Å². The van der Waals surface area contributed by atoms with Gasteiger partial charge in [-0.2, -0.15) is 0 Å². The Kier molecular flexibility index (Phi) is 4.43. The summed E-state index contributed by atoms with van der Waals surface area (Å²) in [6.07, 6.45) is 2.02. The minimum Gasteiger partial charge on any atom is -0.348 e. The highest BCUT2D eigenvalue weighted by atomic mass is 32.1. The van der Waals surface area contributed by atoms with Gasteiger partial charge in [-0.05, 0) is 12.8 Å². The summed E-state index contributed by atoms with van der Waals surface area (Å²) in [6.45, 7) is 3.56. The van der Waals surface area contributed by atoms with Gasteiger partial charge >= 0.3 is 0 Å². The first-order chi connectivity index (χ1) is 10.6. The normalized spacial score (nSPS) is 15.8. The standard InChI is InChI=1S/C17H21N3OS/c1-13(21)19(2)15-8-10-20(11-9-15)17-18-16(12-22-17)14-6-4-3-5-7-14/h3-7,12,15H,8-11H2,1-2H3. The second-order valence-electron chi connectivity index (χ2n) is 5.73. The van der Waals surface area contributed by atoms with E-state index in [-0.39, 0.29) is 5.91 Å². The quantitative estimate of drug-likeness (QED) is 0.872. The fourth-order valence-corrected chi connectivity index (χ4v) is 3.74. The summed E-state index contributed by atoms with van der Waals surface area (Å²) < 4.78 is 0. The Morgan fingerprint density at radius 3 is 2.59 bits per heavy atom. The molecule has 4 nitrogen and oxygen atoms in total. The first-order valence-electron chi connectivity index (χ1n) is 7.64. The van der Waals surface area contributed by atoms with Gasteiger partial charge in [-0.15, -0.1) is 11.3 Å². The molecule has 1 fully saturated rings. The topological polar surface area (TPSA) is 36.4 Å². The predicted molar refractivity (Wildman–Crippen MR) is 91.2 cm³/mol. The van der Waals surface area contributed by atoms with Gasteiger partial charge in [0.15, 0.2) is 5.13 Å². The molecule has 22 heavy (non-hydrogen) atoms. The van der Waals surface area contributed by atoms with Gasteiger partial charge in [0.25, 0.3) is 0 Å². The maximum absolute atomic E-state index is 11.5. The molecular formula is C17H21N3OS. The lowest BCUT2D eigenvalue weighted by atomic mass is 10.0. The van der Waals surface area contributed by atoms with Gasteiger partial charge in [0.1, 0.15) is 0 Å². The van der Waals surface area contributed by atoms with Crippen molar-refractivity contribution in [3.05, 3.63) is 35.7 Å². The molecule has 0 radical (unpaired) electrons. The van der Waals surface area contributed by atoms with Crippen molar-refractivity contribution < 1.29 is 4.79 Å². The Balaban J connectivity index is 1.65. The van der Waals surface area contributed by atoms with E-state index in [0.717, 1.165) is 42.3 Å². The van der Waals surface area contributed by atoms with E-state index in [1.165, 1.54) is 0 Å². The van der Waals surface area contributed by atoms with E-state index in [0.29, 0.717) is 6.04 Å². The van der Waals surface area contributed by atoms with E-state index in [4.69, 9.17) is 4.98 Å². The van der Waals surface area contributed by atoms with Gasteiger partial charge in [0, 0.05) is 44.0 Å². The lowest BCUT2D eigenvalue weighted by Crippen LogP contribution is -2.45. The average molecular weight is 315 g/mol. The molecule has 1 aliphatic rings. The summed E-state index contributed by atoms with van der Waals surface area (Å²) in [5.41, 5.74) is 2.21. The molecule has 3 rings (SSSR count). The Bertz CT molecular complexity index is 632. The first-order valence-corrected chi connectivity index (χ1v) is 8.52. The summed E-state index contributed by atoms with van der Waals surface area (Å²) in [5, 5.41) is 3.21. The van der Waals surface area contributed by atoms with Crippen LogP contribution in [0.15, 0.2) is 35.7 Å². The number of nitrogens with zero attached hydrogens (tertiary/aromatic N) is 3. The van der Waals surface area contributed by atoms with Gasteiger partial charge in [-0.1, -0.05) is 30.3 Å². The van der Waals surface area contributed by atoms with Crippen LogP contribution in [-0.2, 0) is 4.79 Å². The Hall–Kier alpha value is -1.88. The van der Waals surface area contributed by atoms with Gasteiger partial charge in [0.05, 0.1) is 5.69 Å². The summed E-state index contributed by atoms with van der Waals surface area (Å²) in [5.74, 6) is 0.152. The highest BCUT2D eigenvalue weighted by Gasteiger charge is 2.25. The molecule has 0 unspecified atom stereocenters. The smallest absolute Gasteiger partial charge is 0.219 e. The fraction of sp³-hybridized carbons (Fsp3) is 0.412. The summed E-state index contributed by atoms with van der Waals surface area (Å²) in [6, 6.07) is 10.6. The number of aromatic nitrogens is 1. The van der Waals surface area contributed by atoms with Crippen LogP contribution in [0.1, 0.15) is 19.8 Å². The van der Waals surface area contributed by atoms with Crippen LogP contribution in [0.3, 0.4) is 0 Å². The zero-order valence-corrected chi connectivity index (χ0v) is 13.8. The number of amides is 1. The van der Waals surface area contributed by atoms with Crippen molar-refractivity contribution in [2.75, 3.05) is 25.0 Å². The third-order valence-corrected chi connectivity index (χ3v) is 5.24. The molecular weight excluding hydrogens is 294 g/mol. The molecule has 1 aromatic heterocycles. The Morgan fingerprint density at radius 2 is 1.95 bits per heavy atom. The molecule has 2 heterocycles. The van der Waals surface area contributed by atoms with E-state index in [1.807, 2.05) is 30.1 Å². The number of hydrogen-bond donors (Lipinski definition) is 0.